The molecule has 0 radical (unpaired) electrons. The van der Waals surface area contributed by atoms with E-state index in [2.05, 4.69) is 42.6 Å². The van der Waals surface area contributed by atoms with Crippen molar-refractivity contribution < 1.29 is 4.74 Å². The van der Waals surface area contributed by atoms with Gasteiger partial charge in [-0.2, -0.15) is 0 Å². The molecule has 1 aliphatic rings. The van der Waals surface area contributed by atoms with Crippen molar-refractivity contribution in [2.24, 2.45) is 5.92 Å². The highest BCUT2D eigenvalue weighted by molar-refractivity contribution is 5.16. The fourth-order valence-electron chi connectivity index (χ4n) is 2.33. The second-order valence-electron chi connectivity index (χ2n) is 4.46. The summed E-state index contributed by atoms with van der Waals surface area (Å²) >= 11 is 0. The molecule has 1 aliphatic heterocycles. The van der Waals surface area contributed by atoms with Crippen LogP contribution in [0.2, 0.25) is 0 Å². The molecule has 16 heavy (non-hydrogen) atoms. The quantitative estimate of drug-likeness (QED) is 0.820. The maximum atomic E-state index is 5.83. The normalized spacial score (nSPS) is 24.8. The molecule has 0 bridgehead atoms. The van der Waals surface area contributed by atoms with Crippen molar-refractivity contribution in [3.63, 3.8) is 0 Å². The van der Waals surface area contributed by atoms with Crippen LogP contribution in [0.25, 0.3) is 0 Å². The highest BCUT2D eigenvalue weighted by atomic mass is 16.5. The lowest BCUT2D eigenvalue weighted by Crippen LogP contribution is -2.29. The molecule has 0 aromatic heterocycles. The van der Waals surface area contributed by atoms with Gasteiger partial charge in [0.05, 0.1) is 6.10 Å². The zero-order valence-corrected chi connectivity index (χ0v) is 9.99. The Hall–Kier alpha value is -0.860. The van der Waals surface area contributed by atoms with Crippen molar-refractivity contribution in [3.8, 4) is 0 Å². The van der Waals surface area contributed by atoms with E-state index in [0.29, 0.717) is 12.0 Å². The molecule has 0 spiro atoms. The molecule has 2 unspecified atom stereocenters. The molecule has 0 aliphatic carbocycles. The molecule has 1 heterocycles. The third kappa shape index (κ3) is 3.06. The first-order valence-electron chi connectivity index (χ1n) is 6.26. The fraction of sp³-hybridized carbons (Fsp3) is 0.571. The summed E-state index contributed by atoms with van der Waals surface area (Å²) in [5, 5.41) is 3.43. The molecule has 88 valence electrons. The Morgan fingerprint density at radius 3 is 2.88 bits per heavy atom. The van der Waals surface area contributed by atoms with Gasteiger partial charge in [-0.25, -0.2) is 0 Å². The predicted molar refractivity (Wildman–Crippen MR) is 66.5 cm³/mol. The Morgan fingerprint density at radius 1 is 1.31 bits per heavy atom. The van der Waals surface area contributed by atoms with E-state index < -0.39 is 0 Å². The maximum Gasteiger partial charge on any atom is 0.0656 e. The molecule has 1 saturated heterocycles. The first-order valence-corrected chi connectivity index (χ1v) is 6.26. The summed E-state index contributed by atoms with van der Waals surface area (Å²) in [5.41, 5.74) is 1.39. The zero-order valence-electron chi connectivity index (χ0n) is 9.99. The number of ether oxygens (including phenoxy) is 1. The second-order valence-corrected chi connectivity index (χ2v) is 4.46. The van der Waals surface area contributed by atoms with Crippen LogP contribution in [0, 0.1) is 5.92 Å². The average molecular weight is 219 g/mol. The molecule has 2 rings (SSSR count). The number of rotatable bonds is 5. The minimum absolute atomic E-state index is 0.404. The van der Waals surface area contributed by atoms with E-state index in [9.17, 15) is 0 Å². The monoisotopic (exact) mass is 219 g/mol. The van der Waals surface area contributed by atoms with Gasteiger partial charge in [0.25, 0.3) is 0 Å². The average Bonchev–Trinajstić information content (AvgIpc) is 2.75. The van der Waals surface area contributed by atoms with Gasteiger partial charge in [0.15, 0.2) is 0 Å². The molecule has 2 nitrogen and oxygen atoms in total. The van der Waals surface area contributed by atoms with Crippen LogP contribution in [0.3, 0.4) is 0 Å². The Balaban J connectivity index is 1.88. The standard InChI is InChI=1S/C14H21NO/c1-2-15-11-13-8-9-16-14(13)10-12-6-4-3-5-7-12/h3-7,13-15H,2,8-11H2,1H3. The lowest BCUT2D eigenvalue weighted by atomic mass is 9.95. The van der Waals surface area contributed by atoms with Gasteiger partial charge in [0, 0.05) is 19.1 Å². The minimum atomic E-state index is 0.404. The number of nitrogens with one attached hydrogen (secondary N) is 1. The summed E-state index contributed by atoms with van der Waals surface area (Å²) in [6, 6.07) is 10.6. The summed E-state index contributed by atoms with van der Waals surface area (Å²) in [5.74, 6) is 0.681. The molecule has 1 N–H and O–H groups in total. The van der Waals surface area contributed by atoms with Crippen molar-refractivity contribution in [3.05, 3.63) is 35.9 Å². The third-order valence-electron chi connectivity index (χ3n) is 3.28. The largest absolute Gasteiger partial charge is 0.378 e. The van der Waals surface area contributed by atoms with E-state index in [1.807, 2.05) is 0 Å². The van der Waals surface area contributed by atoms with Gasteiger partial charge < -0.3 is 10.1 Å². The Bertz CT molecular complexity index is 299. The Kier molecular flexibility index (Phi) is 4.37. The topological polar surface area (TPSA) is 21.3 Å². The highest BCUT2D eigenvalue weighted by Crippen LogP contribution is 2.23. The van der Waals surface area contributed by atoms with Crippen LogP contribution in [0.5, 0.6) is 0 Å². The SMILES string of the molecule is CCNCC1CCOC1Cc1ccccc1. The smallest absolute Gasteiger partial charge is 0.0656 e. The summed E-state index contributed by atoms with van der Waals surface area (Å²) < 4.78 is 5.83. The van der Waals surface area contributed by atoms with Gasteiger partial charge in [-0.15, -0.1) is 0 Å². The number of hydrogen-bond acceptors (Lipinski definition) is 2. The molecule has 1 fully saturated rings. The molecule has 0 amide bonds. The van der Waals surface area contributed by atoms with Crippen LogP contribution in [0.15, 0.2) is 30.3 Å². The van der Waals surface area contributed by atoms with Crippen molar-refractivity contribution in [1.82, 2.24) is 5.32 Å². The zero-order chi connectivity index (χ0) is 11.2. The summed E-state index contributed by atoms with van der Waals surface area (Å²) in [7, 11) is 0. The molecule has 2 heteroatoms. The van der Waals surface area contributed by atoms with Crippen molar-refractivity contribution in [1.29, 1.82) is 0 Å². The van der Waals surface area contributed by atoms with E-state index >= 15 is 0 Å². The van der Waals surface area contributed by atoms with E-state index in [-0.39, 0.29) is 0 Å². The molecular formula is C14H21NO. The van der Waals surface area contributed by atoms with Gasteiger partial charge in [-0.1, -0.05) is 37.3 Å². The highest BCUT2D eigenvalue weighted by Gasteiger charge is 2.27. The maximum absolute atomic E-state index is 5.83. The van der Waals surface area contributed by atoms with Crippen molar-refractivity contribution in [2.75, 3.05) is 19.7 Å². The summed E-state index contributed by atoms with van der Waals surface area (Å²) in [6.45, 7) is 5.22. The lowest BCUT2D eigenvalue weighted by molar-refractivity contribution is 0.0907. The number of hydrogen-bond donors (Lipinski definition) is 1. The fourth-order valence-corrected chi connectivity index (χ4v) is 2.33. The van der Waals surface area contributed by atoms with Crippen LogP contribution in [0.1, 0.15) is 18.9 Å². The first kappa shape index (κ1) is 11.6. The van der Waals surface area contributed by atoms with Crippen LogP contribution in [-0.4, -0.2) is 25.8 Å². The van der Waals surface area contributed by atoms with Gasteiger partial charge in [-0.3, -0.25) is 0 Å². The van der Waals surface area contributed by atoms with Crippen molar-refractivity contribution in [2.45, 2.75) is 25.9 Å². The van der Waals surface area contributed by atoms with Gasteiger partial charge in [0.2, 0.25) is 0 Å². The molecule has 0 saturated carbocycles. The first-order chi connectivity index (χ1) is 7.90. The van der Waals surface area contributed by atoms with Crippen molar-refractivity contribution >= 4 is 0 Å². The van der Waals surface area contributed by atoms with Crippen LogP contribution >= 0.6 is 0 Å². The molecule has 1 aromatic carbocycles. The second kappa shape index (κ2) is 6.02. The van der Waals surface area contributed by atoms with Gasteiger partial charge in [-0.05, 0) is 24.9 Å². The Morgan fingerprint density at radius 2 is 2.12 bits per heavy atom. The summed E-state index contributed by atoms with van der Waals surface area (Å²) in [6.07, 6.45) is 2.66. The molecule has 1 aromatic rings. The lowest BCUT2D eigenvalue weighted by Gasteiger charge is -2.18. The molecular weight excluding hydrogens is 198 g/mol. The van der Waals surface area contributed by atoms with Gasteiger partial charge >= 0.3 is 0 Å². The van der Waals surface area contributed by atoms with E-state index in [1.54, 1.807) is 0 Å². The van der Waals surface area contributed by atoms with E-state index in [0.717, 1.165) is 26.1 Å². The summed E-state index contributed by atoms with van der Waals surface area (Å²) in [4.78, 5) is 0. The predicted octanol–water partition coefficient (Wildman–Crippen LogP) is 2.24. The minimum Gasteiger partial charge on any atom is -0.378 e. The molecule has 2 atom stereocenters. The number of benzene rings is 1. The van der Waals surface area contributed by atoms with E-state index in [4.69, 9.17) is 4.74 Å². The van der Waals surface area contributed by atoms with Crippen LogP contribution in [-0.2, 0) is 11.2 Å². The van der Waals surface area contributed by atoms with E-state index in [1.165, 1.54) is 12.0 Å². The Labute approximate surface area is 98.0 Å². The van der Waals surface area contributed by atoms with Crippen LogP contribution in [0.4, 0.5) is 0 Å². The third-order valence-corrected chi connectivity index (χ3v) is 3.28. The van der Waals surface area contributed by atoms with Gasteiger partial charge in [0.1, 0.15) is 0 Å². The van der Waals surface area contributed by atoms with Crippen LogP contribution < -0.4 is 5.32 Å².